The van der Waals surface area contributed by atoms with Crippen LogP contribution in [0.25, 0.3) is 11.4 Å². The van der Waals surface area contributed by atoms with Gasteiger partial charge in [0.1, 0.15) is 22.2 Å². The summed E-state index contributed by atoms with van der Waals surface area (Å²) in [4.78, 5) is 16.3. The quantitative estimate of drug-likeness (QED) is 0.374. The van der Waals surface area contributed by atoms with Gasteiger partial charge in [-0.1, -0.05) is 42.5 Å². The summed E-state index contributed by atoms with van der Waals surface area (Å²) in [6, 6.07) is 21.4. The molecule has 1 heterocycles. The monoisotopic (exact) mass is 462 g/mol. The predicted octanol–water partition coefficient (Wildman–Crippen LogP) is 4.58. The van der Waals surface area contributed by atoms with Crippen LogP contribution in [0.3, 0.4) is 0 Å². The van der Waals surface area contributed by atoms with Gasteiger partial charge in [-0.2, -0.15) is 0 Å². The zero-order valence-electron chi connectivity index (χ0n) is 18.1. The highest BCUT2D eigenvalue weighted by Crippen LogP contribution is 2.36. The number of para-hydroxylation sites is 1. The Morgan fingerprint density at radius 3 is 2.42 bits per heavy atom. The van der Waals surface area contributed by atoms with Crippen molar-refractivity contribution in [2.45, 2.75) is 11.4 Å². The van der Waals surface area contributed by atoms with Gasteiger partial charge in [-0.3, -0.25) is 0 Å². The first-order chi connectivity index (χ1) is 15.9. The van der Waals surface area contributed by atoms with Crippen LogP contribution in [0.5, 0.6) is 11.5 Å². The number of aromatic nitrogens is 2. The van der Waals surface area contributed by atoms with Crippen molar-refractivity contribution in [2.75, 3.05) is 13.4 Å². The number of esters is 1. The van der Waals surface area contributed by atoms with Crippen molar-refractivity contribution in [3.05, 3.63) is 96.3 Å². The summed E-state index contributed by atoms with van der Waals surface area (Å²) in [5.41, 5.74) is 1.94. The van der Waals surface area contributed by atoms with Crippen LogP contribution in [0.2, 0.25) is 0 Å². The van der Waals surface area contributed by atoms with Gasteiger partial charge in [0.2, 0.25) is 0 Å². The fraction of sp³-hybridized carbons (Fsp3) is 0.120. The van der Waals surface area contributed by atoms with Crippen LogP contribution >= 0.6 is 0 Å². The molecule has 7 nitrogen and oxygen atoms in total. The highest BCUT2D eigenvalue weighted by Gasteiger charge is 2.20. The number of ether oxygens (including phenoxy) is 2. The molecule has 0 amide bonds. The minimum Gasteiger partial charge on any atom is -0.465 e. The molecule has 0 radical (unpaired) electrons. The van der Waals surface area contributed by atoms with Crippen LogP contribution in [-0.2, 0) is 21.1 Å². The molecule has 0 aliphatic heterocycles. The van der Waals surface area contributed by atoms with Crippen LogP contribution < -0.4 is 4.74 Å². The maximum absolute atomic E-state index is 12.4. The Morgan fingerprint density at radius 2 is 1.70 bits per heavy atom. The van der Waals surface area contributed by atoms with Gasteiger partial charge >= 0.3 is 5.97 Å². The van der Waals surface area contributed by atoms with Gasteiger partial charge < -0.3 is 14.0 Å². The standard InChI is InChI=1S/C25H22N2O5S/c1-31-25(28)19-12-13-22(23(16-19)33(2,29)30)32-21-11-7-6-10-20(21)24-26-14-15-27(24)17-18-8-4-3-5-9-18/h3-16H,17H2,1-2H3. The van der Waals surface area contributed by atoms with Gasteiger partial charge in [-0.05, 0) is 35.9 Å². The number of hydrogen-bond donors (Lipinski definition) is 0. The molecule has 4 aromatic rings. The fourth-order valence-corrected chi connectivity index (χ4v) is 4.26. The molecule has 0 spiro atoms. The molecule has 0 saturated carbocycles. The van der Waals surface area contributed by atoms with Crippen LogP contribution in [0.1, 0.15) is 15.9 Å². The molecule has 33 heavy (non-hydrogen) atoms. The van der Waals surface area contributed by atoms with Crippen molar-refractivity contribution in [1.82, 2.24) is 9.55 Å². The van der Waals surface area contributed by atoms with E-state index >= 15 is 0 Å². The third-order valence-electron chi connectivity index (χ3n) is 5.02. The minimum atomic E-state index is -3.69. The Hall–Kier alpha value is -3.91. The van der Waals surface area contributed by atoms with Crippen LogP contribution in [0, 0.1) is 0 Å². The predicted molar refractivity (Wildman–Crippen MR) is 124 cm³/mol. The van der Waals surface area contributed by atoms with E-state index in [0.717, 1.165) is 11.8 Å². The highest BCUT2D eigenvalue weighted by atomic mass is 32.2. The van der Waals surface area contributed by atoms with Gasteiger partial charge in [-0.15, -0.1) is 0 Å². The lowest BCUT2D eigenvalue weighted by Crippen LogP contribution is -2.06. The van der Waals surface area contributed by atoms with Crippen molar-refractivity contribution >= 4 is 15.8 Å². The Kier molecular flexibility index (Phi) is 6.28. The Morgan fingerprint density at radius 1 is 0.970 bits per heavy atom. The molecule has 0 aliphatic rings. The second kappa shape index (κ2) is 9.30. The van der Waals surface area contributed by atoms with E-state index < -0.39 is 15.8 Å². The van der Waals surface area contributed by atoms with Gasteiger partial charge in [0.25, 0.3) is 0 Å². The number of rotatable bonds is 7. The Bertz CT molecular complexity index is 1400. The molecule has 0 N–H and O–H groups in total. The molecular formula is C25H22N2O5S. The molecule has 4 rings (SSSR count). The molecule has 0 saturated heterocycles. The number of carbonyl (C=O) groups is 1. The van der Waals surface area contributed by atoms with Crippen molar-refractivity contribution < 1.29 is 22.7 Å². The molecule has 0 fully saturated rings. The van der Waals surface area contributed by atoms with Gasteiger partial charge in [0.05, 0.1) is 18.2 Å². The zero-order valence-corrected chi connectivity index (χ0v) is 19.0. The molecule has 0 aliphatic carbocycles. The van der Waals surface area contributed by atoms with E-state index in [1.165, 1.54) is 25.3 Å². The lowest BCUT2D eigenvalue weighted by atomic mass is 10.1. The first kappa shape index (κ1) is 22.3. The number of sulfone groups is 1. The van der Waals surface area contributed by atoms with E-state index in [1.807, 2.05) is 53.2 Å². The van der Waals surface area contributed by atoms with E-state index in [9.17, 15) is 13.2 Å². The molecule has 0 bridgehead atoms. The molecule has 8 heteroatoms. The topological polar surface area (TPSA) is 87.5 Å². The van der Waals surface area contributed by atoms with Gasteiger partial charge in [0.15, 0.2) is 9.84 Å². The fourth-order valence-electron chi connectivity index (χ4n) is 3.45. The second-order valence-corrected chi connectivity index (χ2v) is 9.37. The number of methoxy groups -OCH3 is 1. The number of nitrogens with zero attached hydrogens (tertiary/aromatic N) is 2. The second-order valence-electron chi connectivity index (χ2n) is 7.39. The summed E-state index contributed by atoms with van der Waals surface area (Å²) < 4.78 is 37.6. The number of imidazole rings is 1. The van der Waals surface area contributed by atoms with Crippen molar-refractivity contribution in [3.8, 4) is 22.9 Å². The summed E-state index contributed by atoms with van der Waals surface area (Å²) in [5.74, 6) is 0.601. The maximum atomic E-state index is 12.4. The third-order valence-corrected chi connectivity index (χ3v) is 6.14. The summed E-state index contributed by atoms with van der Waals surface area (Å²) >= 11 is 0. The van der Waals surface area contributed by atoms with Crippen LogP contribution in [-0.4, -0.2) is 37.3 Å². The van der Waals surface area contributed by atoms with E-state index in [1.54, 1.807) is 18.3 Å². The van der Waals surface area contributed by atoms with Crippen LogP contribution in [0.15, 0.2) is 90.1 Å². The third kappa shape index (κ3) is 4.96. The molecule has 0 unspecified atom stereocenters. The molecule has 3 aromatic carbocycles. The van der Waals surface area contributed by atoms with Crippen molar-refractivity contribution in [1.29, 1.82) is 0 Å². The lowest BCUT2D eigenvalue weighted by Gasteiger charge is -2.15. The molecule has 0 atom stereocenters. The minimum absolute atomic E-state index is 0.104. The molecular weight excluding hydrogens is 440 g/mol. The first-order valence-corrected chi connectivity index (χ1v) is 12.0. The van der Waals surface area contributed by atoms with Gasteiger partial charge in [-0.25, -0.2) is 18.2 Å². The van der Waals surface area contributed by atoms with E-state index in [-0.39, 0.29) is 16.2 Å². The van der Waals surface area contributed by atoms with Crippen molar-refractivity contribution in [3.63, 3.8) is 0 Å². The van der Waals surface area contributed by atoms with E-state index in [4.69, 9.17) is 9.47 Å². The Balaban J connectivity index is 1.74. The van der Waals surface area contributed by atoms with E-state index in [0.29, 0.717) is 23.7 Å². The number of carbonyl (C=O) groups excluding carboxylic acids is 1. The SMILES string of the molecule is COC(=O)c1ccc(Oc2ccccc2-c2nccn2Cc2ccccc2)c(S(C)(=O)=O)c1. The van der Waals surface area contributed by atoms with E-state index in [2.05, 4.69) is 4.98 Å². The number of hydrogen-bond acceptors (Lipinski definition) is 6. The summed E-state index contributed by atoms with van der Waals surface area (Å²) in [5, 5.41) is 0. The zero-order chi connectivity index (χ0) is 23.4. The number of benzene rings is 3. The first-order valence-electron chi connectivity index (χ1n) is 10.1. The van der Waals surface area contributed by atoms with Gasteiger partial charge in [0, 0.05) is 25.2 Å². The highest BCUT2D eigenvalue weighted by molar-refractivity contribution is 7.90. The summed E-state index contributed by atoms with van der Waals surface area (Å²) in [6.45, 7) is 0.618. The largest absolute Gasteiger partial charge is 0.465 e. The maximum Gasteiger partial charge on any atom is 0.337 e. The normalized spacial score (nSPS) is 11.2. The van der Waals surface area contributed by atoms with Crippen LogP contribution in [0.4, 0.5) is 0 Å². The smallest absolute Gasteiger partial charge is 0.337 e. The Labute approximate surface area is 192 Å². The molecule has 1 aromatic heterocycles. The summed E-state index contributed by atoms with van der Waals surface area (Å²) in [6.07, 6.45) is 4.66. The summed E-state index contributed by atoms with van der Waals surface area (Å²) in [7, 11) is -2.45. The molecule has 168 valence electrons. The van der Waals surface area contributed by atoms with Crippen molar-refractivity contribution in [2.24, 2.45) is 0 Å². The lowest BCUT2D eigenvalue weighted by molar-refractivity contribution is 0.0600. The average molecular weight is 463 g/mol. The average Bonchev–Trinajstić information content (AvgIpc) is 3.27.